The fourth-order valence-corrected chi connectivity index (χ4v) is 6.10. The summed E-state index contributed by atoms with van der Waals surface area (Å²) < 4.78 is 22.2. The Balaban J connectivity index is 1.37. The van der Waals surface area contributed by atoms with E-state index in [1.807, 2.05) is 24.3 Å². The molecule has 2 aromatic rings. The van der Waals surface area contributed by atoms with Crippen molar-refractivity contribution in [3.8, 4) is 23.0 Å². The van der Waals surface area contributed by atoms with Crippen molar-refractivity contribution >= 4 is 47.2 Å². The van der Waals surface area contributed by atoms with Gasteiger partial charge >= 0.3 is 0 Å². The number of ketones is 2. The molecule has 0 unspecified atom stereocenters. The summed E-state index contributed by atoms with van der Waals surface area (Å²) in [6.07, 6.45) is 7.33. The molecule has 0 amide bonds. The number of thioether (sulfide) groups is 2. The molecule has 3 heterocycles. The minimum Gasteiger partial charge on any atom is -0.454 e. The number of rotatable bonds is 6. The van der Waals surface area contributed by atoms with Crippen LogP contribution in [0.3, 0.4) is 0 Å². The summed E-state index contributed by atoms with van der Waals surface area (Å²) >= 11 is 3.13. The van der Waals surface area contributed by atoms with E-state index in [0.29, 0.717) is 23.0 Å². The summed E-state index contributed by atoms with van der Waals surface area (Å²) in [7, 11) is 0. The molecule has 5 rings (SSSR count). The first-order valence-electron chi connectivity index (χ1n) is 10.4. The van der Waals surface area contributed by atoms with Gasteiger partial charge in [-0.2, -0.15) is 0 Å². The van der Waals surface area contributed by atoms with Gasteiger partial charge in [0.25, 0.3) is 0 Å². The van der Waals surface area contributed by atoms with Crippen LogP contribution in [-0.4, -0.2) is 36.7 Å². The van der Waals surface area contributed by atoms with Gasteiger partial charge in [0.05, 0.1) is 9.81 Å². The van der Waals surface area contributed by atoms with Crippen LogP contribution in [0.2, 0.25) is 0 Å². The summed E-state index contributed by atoms with van der Waals surface area (Å²) in [6.45, 7) is 0.382. The van der Waals surface area contributed by atoms with E-state index in [1.165, 1.54) is 12.2 Å². The monoisotopic (exact) mass is 480 g/mol. The van der Waals surface area contributed by atoms with Crippen LogP contribution < -0.4 is 18.9 Å². The molecule has 0 radical (unpaired) electrons. The zero-order valence-electron chi connectivity index (χ0n) is 17.6. The fourth-order valence-electron chi connectivity index (χ4n) is 3.44. The average molecular weight is 481 g/mol. The van der Waals surface area contributed by atoms with Crippen LogP contribution in [0, 0.1) is 0 Å². The maximum atomic E-state index is 13.1. The first-order valence-corrected chi connectivity index (χ1v) is 12.4. The minimum absolute atomic E-state index is 0.191. The van der Waals surface area contributed by atoms with Gasteiger partial charge in [0.2, 0.25) is 13.6 Å². The average Bonchev–Trinajstić information content (AvgIpc) is 3.51. The molecule has 168 valence electrons. The van der Waals surface area contributed by atoms with E-state index in [9.17, 15) is 9.59 Å². The zero-order chi connectivity index (χ0) is 22.6. The maximum Gasteiger partial charge on any atom is 0.231 e. The van der Waals surface area contributed by atoms with Gasteiger partial charge in [-0.15, -0.1) is 23.5 Å². The van der Waals surface area contributed by atoms with Crippen molar-refractivity contribution in [2.45, 2.75) is 6.42 Å². The van der Waals surface area contributed by atoms with Crippen molar-refractivity contribution in [3.05, 3.63) is 69.5 Å². The second-order valence-corrected chi connectivity index (χ2v) is 9.80. The number of allylic oxidation sites excluding steroid dienone is 3. The highest BCUT2D eigenvalue weighted by molar-refractivity contribution is 8.22. The van der Waals surface area contributed by atoms with Gasteiger partial charge in [0, 0.05) is 0 Å². The molecule has 3 aliphatic heterocycles. The molecule has 1 saturated heterocycles. The van der Waals surface area contributed by atoms with Crippen LogP contribution in [0.4, 0.5) is 0 Å². The van der Waals surface area contributed by atoms with Gasteiger partial charge in [0.1, 0.15) is 0 Å². The smallest absolute Gasteiger partial charge is 0.231 e. The lowest BCUT2D eigenvalue weighted by Gasteiger charge is -2.15. The van der Waals surface area contributed by atoms with Crippen molar-refractivity contribution in [2.24, 2.45) is 0 Å². The van der Waals surface area contributed by atoms with Crippen LogP contribution in [0.5, 0.6) is 23.0 Å². The van der Waals surface area contributed by atoms with Crippen molar-refractivity contribution in [1.82, 2.24) is 0 Å². The molecule has 0 bridgehead atoms. The molecule has 0 spiro atoms. The zero-order valence-corrected chi connectivity index (χ0v) is 19.2. The number of carbonyl (C=O) groups is 2. The first kappa shape index (κ1) is 21.7. The van der Waals surface area contributed by atoms with Crippen LogP contribution in [-0.2, 0) is 9.59 Å². The molecule has 0 N–H and O–H groups in total. The number of fused-ring (bicyclic) bond motifs is 2. The van der Waals surface area contributed by atoms with Crippen molar-refractivity contribution in [3.63, 3.8) is 0 Å². The molecule has 0 aromatic heterocycles. The Morgan fingerprint density at radius 2 is 1.18 bits per heavy atom. The third kappa shape index (κ3) is 4.96. The molecule has 0 aliphatic carbocycles. The SMILES string of the molecule is O=C(/C=C/c1ccc2c(c1)OCO2)C(C(=O)/C=C/c1ccc2c(c1)OCO2)=C1SCCCS1. The van der Waals surface area contributed by atoms with E-state index < -0.39 is 0 Å². The van der Waals surface area contributed by atoms with Crippen LogP contribution in [0.25, 0.3) is 12.2 Å². The number of ether oxygens (including phenoxy) is 4. The Labute approximate surface area is 199 Å². The van der Waals surface area contributed by atoms with E-state index in [2.05, 4.69) is 0 Å². The molecular formula is C25H20O6S2. The topological polar surface area (TPSA) is 71.1 Å². The Morgan fingerprint density at radius 3 is 1.70 bits per heavy atom. The number of benzene rings is 2. The normalized spacial score (nSPS) is 16.5. The lowest BCUT2D eigenvalue weighted by molar-refractivity contribution is -0.116. The number of carbonyl (C=O) groups excluding carboxylic acids is 2. The molecule has 8 heteroatoms. The highest BCUT2D eigenvalue weighted by Crippen LogP contribution is 2.38. The molecule has 0 saturated carbocycles. The van der Waals surface area contributed by atoms with E-state index in [4.69, 9.17) is 18.9 Å². The lowest BCUT2D eigenvalue weighted by atomic mass is 10.1. The molecular weight excluding hydrogens is 460 g/mol. The molecule has 1 fully saturated rings. The lowest BCUT2D eigenvalue weighted by Crippen LogP contribution is -2.12. The Bertz CT molecular complexity index is 1110. The summed E-state index contributed by atoms with van der Waals surface area (Å²) in [5.74, 6) is 3.80. The van der Waals surface area contributed by atoms with E-state index in [0.717, 1.165) is 33.3 Å². The predicted octanol–water partition coefficient (Wildman–Crippen LogP) is 5.09. The second-order valence-electron chi connectivity index (χ2n) is 7.33. The van der Waals surface area contributed by atoms with Crippen molar-refractivity contribution in [2.75, 3.05) is 25.1 Å². The highest BCUT2D eigenvalue weighted by Gasteiger charge is 2.23. The van der Waals surface area contributed by atoms with Gasteiger partial charge in [-0.3, -0.25) is 9.59 Å². The van der Waals surface area contributed by atoms with Crippen molar-refractivity contribution in [1.29, 1.82) is 0 Å². The molecule has 2 aromatic carbocycles. The third-order valence-corrected chi connectivity index (χ3v) is 7.72. The molecule has 0 atom stereocenters. The molecule has 33 heavy (non-hydrogen) atoms. The van der Waals surface area contributed by atoms with E-state index in [1.54, 1.807) is 47.8 Å². The standard InChI is InChI=1S/C25H20O6S2/c26-18(6-2-16-4-8-20-22(12-16)30-14-28-20)24(25-32-10-1-11-33-25)19(27)7-3-17-5-9-21-23(13-17)31-15-29-21/h2-9,12-13H,1,10-11,14-15H2/b6-2+,7-3+. The van der Waals surface area contributed by atoms with Crippen LogP contribution in [0.15, 0.2) is 58.4 Å². The Morgan fingerprint density at radius 1 is 0.697 bits per heavy atom. The van der Waals surface area contributed by atoms with Crippen LogP contribution in [0.1, 0.15) is 17.5 Å². The fraction of sp³-hybridized carbons (Fsp3) is 0.200. The minimum atomic E-state index is -0.315. The van der Waals surface area contributed by atoms with Gasteiger partial charge in [0.15, 0.2) is 34.6 Å². The number of hydrogen-bond acceptors (Lipinski definition) is 8. The maximum absolute atomic E-state index is 13.1. The Hall–Kier alpha value is -3.10. The summed E-state index contributed by atoms with van der Waals surface area (Å²) in [4.78, 5) is 26.3. The summed E-state index contributed by atoms with van der Waals surface area (Å²) in [5.41, 5.74) is 1.80. The Kier molecular flexibility index (Phi) is 6.46. The van der Waals surface area contributed by atoms with Gasteiger partial charge in [-0.05, 0) is 65.5 Å². The first-order chi connectivity index (χ1) is 16.2. The van der Waals surface area contributed by atoms with Gasteiger partial charge < -0.3 is 18.9 Å². The van der Waals surface area contributed by atoms with Crippen LogP contribution >= 0.6 is 23.5 Å². The molecule has 3 aliphatic rings. The van der Waals surface area contributed by atoms with E-state index >= 15 is 0 Å². The number of hydrogen-bond donors (Lipinski definition) is 0. The second kappa shape index (κ2) is 9.80. The highest BCUT2D eigenvalue weighted by atomic mass is 32.2. The third-order valence-electron chi connectivity index (χ3n) is 5.10. The van der Waals surface area contributed by atoms with Gasteiger partial charge in [-0.1, -0.05) is 24.3 Å². The largest absolute Gasteiger partial charge is 0.454 e. The quantitative estimate of drug-likeness (QED) is 0.322. The van der Waals surface area contributed by atoms with E-state index in [-0.39, 0.29) is 30.7 Å². The van der Waals surface area contributed by atoms with Crippen molar-refractivity contribution < 1.29 is 28.5 Å². The molecule has 6 nitrogen and oxygen atoms in total. The summed E-state index contributed by atoms with van der Waals surface area (Å²) in [6, 6.07) is 10.9. The predicted molar refractivity (Wildman–Crippen MR) is 130 cm³/mol. The van der Waals surface area contributed by atoms with Gasteiger partial charge in [-0.25, -0.2) is 0 Å². The summed E-state index contributed by atoms with van der Waals surface area (Å²) in [5, 5.41) is 0.